The number of β-lactam (4-membered cyclic amide) rings is 1. The number of aryl methyl sites for hydroxylation is 1. The van der Waals surface area contributed by atoms with Crippen molar-refractivity contribution >= 4 is 87.3 Å². The van der Waals surface area contributed by atoms with Gasteiger partial charge in [0.15, 0.2) is 10.8 Å². The number of nitrogen functional groups attached to an aromatic ring is 1. The molecule has 42 heavy (non-hydrogen) atoms. The van der Waals surface area contributed by atoms with Gasteiger partial charge in [0.05, 0.1) is 11.6 Å². The molecule has 0 spiro atoms. The average molecular weight is 645 g/mol. The minimum Gasteiger partial charge on any atom is -0.477 e. The van der Waals surface area contributed by atoms with Gasteiger partial charge in [-0.15, -0.1) is 46.6 Å². The van der Waals surface area contributed by atoms with Gasteiger partial charge in [-0.1, -0.05) is 16.2 Å². The Kier molecular flexibility index (Phi) is 8.29. The number of rotatable bonds is 9. The molecule has 2 unspecified atom stereocenters. The topological polar surface area (TPSA) is 163 Å². The van der Waals surface area contributed by atoms with Gasteiger partial charge in [-0.05, 0) is 30.0 Å². The van der Waals surface area contributed by atoms with Crippen LogP contribution in [0.25, 0.3) is 5.82 Å². The largest absolute Gasteiger partial charge is 0.477 e. The zero-order chi connectivity index (χ0) is 29.4. The van der Waals surface area contributed by atoms with E-state index >= 15 is 0 Å². The number of carbonyl (C=O) groups excluding carboxylic acids is 2. The van der Waals surface area contributed by atoms with Crippen LogP contribution < -0.4 is 15.6 Å². The summed E-state index contributed by atoms with van der Waals surface area (Å²) < 4.78 is 2.16. The Bertz CT molecular complexity index is 1590. The van der Waals surface area contributed by atoms with Crippen LogP contribution in [0.3, 0.4) is 0 Å². The van der Waals surface area contributed by atoms with Crippen molar-refractivity contribution in [1.29, 1.82) is 0 Å². The van der Waals surface area contributed by atoms with Crippen molar-refractivity contribution in [1.82, 2.24) is 15.2 Å². The standard InChI is InChI=1S/C26H25N7O5S4/c1-38-31-19(15-11-42-26(27)29-15)22(34)30-20-23(35)33-21(25(36)37)14(10-41-24(20)33)9-39-18-8-28-17(12-40-18)32-7-3-5-13-4-2-6-16(13)32/h3,5,7-8,11-12,18,20,24H,2,4,6,9-10H2,1H3,(H3-,27,29,30,34,36,37)/p+1/b31-19+/t18?,20-,24?/m1/s1. The van der Waals surface area contributed by atoms with Gasteiger partial charge in [0, 0.05) is 23.3 Å². The fraction of sp³-hybridized carbons (Fsp3) is 0.346. The van der Waals surface area contributed by atoms with Crippen LogP contribution in [0.15, 0.2) is 50.5 Å². The first kappa shape index (κ1) is 28.8. The highest BCUT2D eigenvalue weighted by atomic mass is 32.2. The maximum Gasteiger partial charge on any atom is 0.352 e. The molecule has 1 fully saturated rings. The van der Waals surface area contributed by atoms with Crippen molar-refractivity contribution in [2.75, 3.05) is 24.3 Å². The molecular formula is C26H26N7O5S4+. The van der Waals surface area contributed by atoms with E-state index in [2.05, 4.69) is 32.2 Å². The number of hydrogen-bond acceptors (Lipinski definition) is 12. The second kappa shape index (κ2) is 12.1. The molecule has 16 heteroatoms. The number of carbonyl (C=O) groups is 3. The van der Waals surface area contributed by atoms with E-state index in [1.807, 2.05) is 17.8 Å². The summed E-state index contributed by atoms with van der Waals surface area (Å²) in [4.78, 5) is 53.2. The Morgan fingerprint density at radius 3 is 2.95 bits per heavy atom. The molecule has 2 amide bonds. The molecule has 3 atom stereocenters. The fourth-order valence-corrected chi connectivity index (χ4v) is 9.19. The quantitative estimate of drug-likeness (QED) is 0.159. The van der Waals surface area contributed by atoms with Gasteiger partial charge >= 0.3 is 11.8 Å². The lowest BCUT2D eigenvalue weighted by molar-refractivity contribution is -0.590. The lowest BCUT2D eigenvalue weighted by Crippen LogP contribution is -2.71. The highest BCUT2D eigenvalue weighted by Crippen LogP contribution is 2.42. The first-order valence-corrected chi connectivity index (χ1v) is 16.8. The number of nitrogens with zero attached hydrogens (tertiary/aromatic N) is 5. The lowest BCUT2D eigenvalue weighted by Gasteiger charge is -2.49. The van der Waals surface area contributed by atoms with E-state index < -0.39 is 29.2 Å². The van der Waals surface area contributed by atoms with Crippen LogP contribution in [-0.2, 0) is 32.1 Å². The number of pyridine rings is 1. The van der Waals surface area contributed by atoms with Crippen molar-refractivity contribution in [2.24, 2.45) is 10.1 Å². The van der Waals surface area contributed by atoms with E-state index in [1.54, 1.807) is 28.9 Å². The summed E-state index contributed by atoms with van der Waals surface area (Å²) in [6.07, 6.45) is 7.22. The first-order chi connectivity index (χ1) is 20.4. The lowest BCUT2D eigenvalue weighted by atomic mass is 10.0. The molecule has 0 radical (unpaired) electrons. The third kappa shape index (κ3) is 5.43. The number of nitrogens with two attached hydrogens (primary N) is 1. The van der Waals surface area contributed by atoms with E-state index in [0.29, 0.717) is 17.1 Å². The van der Waals surface area contributed by atoms with Crippen molar-refractivity contribution in [3.05, 3.63) is 57.3 Å². The van der Waals surface area contributed by atoms with Crippen LogP contribution in [-0.4, -0.2) is 79.3 Å². The minimum absolute atomic E-state index is 0.00810. The average Bonchev–Trinajstić information content (AvgIpc) is 3.66. The normalized spacial score (nSPS) is 23.2. The van der Waals surface area contributed by atoms with E-state index in [-0.39, 0.29) is 26.8 Å². The number of thiazole rings is 1. The Morgan fingerprint density at radius 1 is 1.38 bits per heavy atom. The molecule has 6 rings (SSSR count). The molecule has 12 nitrogen and oxygen atoms in total. The number of hydrogen-bond donors (Lipinski definition) is 3. The molecule has 0 bridgehead atoms. The maximum absolute atomic E-state index is 13.1. The Hall–Kier alpha value is -3.34. The smallest absolute Gasteiger partial charge is 0.352 e. The fourth-order valence-electron chi connectivity index (χ4n) is 5.17. The number of fused-ring (bicyclic) bond motifs is 2. The van der Waals surface area contributed by atoms with Crippen molar-refractivity contribution in [3.8, 4) is 0 Å². The van der Waals surface area contributed by atoms with Crippen LogP contribution in [0, 0.1) is 0 Å². The van der Waals surface area contributed by atoms with Crippen molar-refractivity contribution < 1.29 is 28.9 Å². The zero-order valence-electron chi connectivity index (χ0n) is 22.3. The molecule has 2 aromatic heterocycles. The Morgan fingerprint density at radius 2 is 2.24 bits per heavy atom. The summed E-state index contributed by atoms with van der Waals surface area (Å²) in [5.74, 6) is -0.605. The SMILES string of the molecule is CO/N=C(/C(=O)N[C@@H]1C(=O)N2C(C(=O)O)=C(CSC3C=NC([n+]4cccc5c4CCC5)=CS3)CSC12)c1csc(N)n1. The second-order valence-electron chi connectivity index (χ2n) is 9.59. The number of oxime groups is 1. The highest BCUT2D eigenvalue weighted by molar-refractivity contribution is 8.19. The van der Waals surface area contributed by atoms with Crippen LogP contribution in [0.4, 0.5) is 5.13 Å². The predicted molar refractivity (Wildman–Crippen MR) is 165 cm³/mol. The van der Waals surface area contributed by atoms with Crippen LogP contribution in [0.1, 0.15) is 23.4 Å². The van der Waals surface area contributed by atoms with E-state index in [1.165, 1.54) is 35.0 Å². The van der Waals surface area contributed by atoms with Gasteiger partial charge in [-0.2, -0.15) is 4.57 Å². The van der Waals surface area contributed by atoms with Gasteiger partial charge in [0.25, 0.3) is 11.8 Å². The van der Waals surface area contributed by atoms with Crippen molar-refractivity contribution in [2.45, 2.75) is 35.3 Å². The zero-order valence-corrected chi connectivity index (χ0v) is 25.5. The summed E-state index contributed by atoms with van der Waals surface area (Å²) >= 11 is 5.75. The molecule has 4 N–H and O–H groups in total. The monoisotopic (exact) mass is 644 g/mol. The molecule has 1 aliphatic carbocycles. The number of amides is 2. The Labute approximate surface area is 257 Å². The van der Waals surface area contributed by atoms with Gasteiger partial charge in [0.2, 0.25) is 0 Å². The van der Waals surface area contributed by atoms with Crippen LogP contribution in [0.2, 0.25) is 0 Å². The third-order valence-electron chi connectivity index (χ3n) is 7.06. The molecule has 2 aromatic rings. The number of carboxylic acid groups (broad SMARTS) is 1. The van der Waals surface area contributed by atoms with Gasteiger partial charge in [0.1, 0.15) is 46.4 Å². The van der Waals surface area contributed by atoms with Gasteiger partial charge < -0.3 is 21.0 Å². The molecule has 0 aromatic carbocycles. The highest BCUT2D eigenvalue weighted by Gasteiger charge is 2.54. The summed E-state index contributed by atoms with van der Waals surface area (Å²) in [7, 11) is 1.29. The van der Waals surface area contributed by atoms with Gasteiger partial charge in [-0.3, -0.25) is 14.5 Å². The second-order valence-corrected chi connectivity index (χ2v) is 14.0. The minimum atomic E-state index is -1.17. The number of thioether (sulfide) groups is 3. The number of anilines is 1. The van der Waals surface area contributed by atoms with Crippen molar-refractivity contribution in [3.63, 3.8) is 0 Å². The predicted octanol–water partition coefficient (Wildman–Crippen LogP) is 1.92. The number of aromatic nitrogens is 2. The summed E-state index contributed by atoms with van der Waals surface area (Å²) in [5, 5.41) is 19.8. The van der Waals surface area contributed by atoms with Crippen LogP contribution in [0.5, 0.6) is 0 Å². The summed E-state index contributed by atoms with van der Waals surface area (Å²) in [5.41, 5.74) is 9.09. The number of nitrogens with one attached hydrogen (secondary N) is 1. The summed E-state index contributed by atoms with van der Waals surface area (Å²) in [6.45, 7) is 0. The molecule has 0 saturated carbocycles. The number of aliphatic imine (C=N–C) groups is 1. The van der Waals surface area contributed by atoms with Crippen LogP contribution >= 0.6 is 46.6 Å². The number of carboxylic acids is 1. The molecule has 3 aliphatic heterocycles. The summed E-state index contributed by atoms with van der Waals surface area (Å²) in [6, 6.07) is 3.31. The Balaban J connectivity index is 1.10. The molecule has 218 valence electrons. The first-order valence-electron chi connectivity index (χ1n) is 12.9. The molecule has 5 heterocycles. The van der Waals surface area contributed by atoms with Gasteiger partial charge in [-0.25, -0.2) is 9.78 Å². The van der Waals surface area contributed by atoms with E-state index in [9.17, 15) is 19.5 Å². The molecule has 1 saturated heterocycles. The molecule has 4 aliphatic rings. The van der Waals surface area contributed by atoms with E-state index in [4.69, 9.17) is 15.6 Å². The van der Waals surface area contributed by atoms with E-state index in [0.717, 1.165) is 36.4 Å². The molecular weight excluding hydrogens is 619 g/mol. The maximum atomic E-state index is 13.1. The number of aliphatic carboxylic acids is 1. The third-order valence-corrected chi connectivity index (χ3v) is 11.5.